The van der Waals surface area contributed by atoms with E-state index in [4.69, 9.17) is 0 Å². The number of rotatable bonds is 2. The molecule has 3 rings (SSSR count). The number of nitrogens with zero attached hydrogens (tertiary/aromatic N) is 2. The van der Waals surface area contributed by atoms with Gasteiger partial charge in [-0.15, -0.1) is 0 Å². The lowest BCUT2D eigenvalue weighted by Gasteiger charge is -2.13. The van der Waals surface area contributed by atoms with Gasteiger partial charge in [0.05, 0.1) is 5.52 Å². The molecule has 0 aliphatic rings. The van der Waals surface area contributed by atoms with Crippen molar-refractivity contribution in [3.8, 4) is 0 Å². The molecule has 0 amide bonds. The van der Waals surface area contributed by atoms with Crippen molar-refractivity contribution in [1.29, 1.82) is 0 Å². The van der Waals surface area contributed by atoms with Crippen LogP contribution in [0, 0.1) is 34.6 Å². The van der Waals surface area contributed by atoms with Crippen LogP contribution in [0.5, 0.6) is 0 Å². The van der Waals surface area contributed by atoms with Crippen molar-refractivity contribution in [3.63, 3.8) is 0 Å². The minimum Gasteiger partial charge on any atom is -0.299 e. The molecule has 0 fully saturated rings. The molecule has 24 heavy (non-hydrogen) atoms. The quantitative estimate of drug-likeness (QED) is 0.737. The number of aryl methyl sites for hydroxylation is 5. The normalized spacial score (nSPS) is 11.2. The first-order valence-corrected chi connectivity index (χ1v) is 7.91. The van der Waals surface area contributed by atoms with Gasteiger partial charge < -0.3 is 0 Å². The van der Waals surface area contributed by atoms with E-state index in [2.05, 4.69) is 10.1 Å². The molecule has 124 valence electrons. The highest BCUT2D eigenvalue weighted by atomic mass is 16.2. The summed E-state index contributed by atoms with van der Waals surface area (Å²) >= 11 is 0. The zero-order valence-electron chi connectivity index (χ0n) is 14.9. The predicted molar refractivity (Wildman–Crippen MR) is 94.9 cm³/mol. The fourth-order valence-corrected chi connectivity index (χ4v) is 3.26. The molecule has 3 aromatic rings. The lowest BCUT2D eigenvalue weighted by atomic mass is 9.94. The van der Waals surface area contributed by atoms with E-state index in [1.165, 1.54) is 4.68 Å². The molecule has 1 aromatic carbocycles. The summed E-state index contributed by atoms with van der Waals surface area (Å²) in [5.41, 5.74) is 5.82. The largest absolute Gasteiger partial charge is 0.299 e. The van der Waals surface area contributed by atoms with Crippen LogP contribution < -0.4 is 5.56 Å². The highest BCUT2D eigenvalue weighted by Gasteiger charge is 2.23. The molecule has 0 spiro atoms. The third kappa shape index (κ3) is 2.19. The molecule has 0 unspecified atom stereocenters. The van der Waals surface area contributed by atoms with Gasteiger partial charge in [-0.05, 0) is 57.4 Å². The Kier molecular flexibility index (Phi) is 3.67. The van der Waals surface area contributed by atoms with Crippen LogP contribution in [0.4, 0.5) is 0 Å². The molecule has 0 saturated heterocycles. The summed E-state index contributed by atoms with van der Waals surface area (Å²) in [4.78, 5) is 30.0. The van der Waals surface area contributed by atoms with E-state index < -0.39 is 0 Å². The molecule has 0 bridgehead atoms. The summed E-state index contributed by atoms with van der Waals surface area (Å²) in [7, 11) is 1.61. The van der Waals surface area contributed by atoms with Crippen LogP contribution in [0.25, 0.3) is 10.9 Å². The summed E-state index contributed by atoms with van der Waals surface area (Å²) in [6.45, 7) is 9.78. The minimum atomic E-state index is -0.313. The lowest BCUT2D eigenvalue weighted by molar-refractivity contribution is 0.103. The predicted octanol–water partition coefficient (Wildman–Crippen LogP) is 3.03. The molecule has 0 saturated carbocycles. The first-order chi connectivity index (χ1) is 11.2. The molecular formula is C19H21N3O2. The Bertz CT molecular complexity index is 1050. The van der Waals surface area contributed by atoms with E-state index in [0.29, 0.717) is 16.8 Å². The van der Waals surface area contributed by atoms with Crippen molar-refractivity contribution >= 4 is 16.7 Å². The number of carbonyl (C=O) groups is 1. The molecule has 0 aliphatic heterocycles. The van der Waals surface area contributed by atoms with Gasteiger partial charge >= 0.3 is 0 Å². The van der Waals surface area contributed by atoms with Crippen molar-refractivity contribution in [3.05, 3.63) is 61.7 Å². The third-order valence-electron chi connectivity index (χ3n) is 4.85. The van der Waals surface area contributed by atoms with Crippen molar-refractivity contribution < 1.29 is 4.79 Å². The number of hydrogen-bond acceptors (Lipinski definition) is 3. The van der Waals surface area contributed by atoms with Gasteiger partial charge in [0, 0.05) is 29.4 Å². The number of fused-ring (bicyclic) bond motifs is 1. The molecule has 2 heterocycles. The van der Waals surface area contributed by atoms with Crippen LogP contribution in [0.3, 0.4) is 0 Å². The Morgan fingerprint density at radius 1 is 1.08 bits per heavy atom. The van der Waals surface area contributed by atoms with Crippen molar-refractivity contribution in [1.82, 2.24) is 14.8 Å². The number of benzene rings is 1. The van der Waals surface area contributed by atoms with Crippen molar-refractivity contribution in [2.75, 3.05) is 0 Å². The van der Waals surface area contributed by atoms with Crippen LogP contribution in [0.1, 0.15) is 44.0 Å². The number of H-pyrrole nitrogens is 1. The zero-order valence-corrected chi connectivity index (χ0v) is 14.9. The number of aromatic nitrogens is 3. The number of nitrogens with one attached hydrogen (secondary N) is 1. The fourth-order valence-electron chi connectivity index (χ4n) is 3.26. The van der Waals surface area contributed by atoms with Gasteiger partial charge in [0.2, 0.25) is 5.78 Å². The van der Waals surface area contributed by atoms with Gasteiger partial charge in [0.15, 0.2) is 0 Å². The molecule has 5 heteroatoms. The van der Waals surface area contributed by atoms with E-state index in [1.807, 2.05) is 33.8 Å². The van der Waals surface area contributed by atoms with Crippen LogP contribution in [0.15, 0.2) is 16.9 Å². The second-order valence-corrected chi connectivity index (χ2v) is 6.41. The van der Waals surface area contributed by atoms with E-state index in [-0.39, 0.29) is 16.9 Å². The minimum absolute atomic E-state index is 0.181. The Labute approximate surface area is 140 Å². The maximum absolute atomic E-state index is 13.1. The second kappa shape index (κ2) is 5.44. The fraction of sp³-hybridized carbons (Fsp3) is 0.316. The number of pyridine rings is 1. The van der Waals surface area contributed by atoms with Crippen molar-refractivity contribution in [2.24, 2.45) is 7.05 Å². The summed E-state index contributed by atoms with van der Waals surface area (Å²) in [6, 6.07) is 3.69. The lowest BCUT2D eigenvalue weighted by Crippen LogP contribution is -2.20. The second-order valence-electron chi connectivity index (χ2n) is 6.41. The van der Waals surface area contributed by atoms with E-state index in [9.17, 15) is 9.59 Å². The van der Waals surface area contributed by atoms with Gasteiger partial charge in [-0.1, -0.05) is 6.07 Å². The Morgan fingerprint density at radius 2 is 1.75 bits per heavy atom. The molecule has 0 atom stereocenters. The van der Waals surface area contributed by atoms with Gasteiger partial charge in [-0.25, -0.2) is 0 Å². The number of carbonyl (C=O) groups excluding carboxylic acids is 1. The summed E-state index contributed by atoms with van der Waals surface area (Å²) in [6.07, 6.45) is 0. The number of aromatic amines is 1. The average Bonchev–Trinajstić information content (AvgIpc) is 2.77. The zero-order chi connectivity index (χ0) is 17.8. The molecule has 0 aliphatic carbocycles. The van der Waals surface area contributed by atoms with Gasteiger partial charge in [-0.3, -0.25) is 24.4 Å². The molecule has 0 radical (unpaired) electrons. The SMILES string of the molecule is Cc1nc2c(C(=O)c3c(C)[nH]n(C)c3=O)ccc(C)c2c(C)c1C. The van der Waals surface area contributed by atoms with Gasteiger partial charge in [0.1, 0.15) is 5.56 Å². The number of ketones is 1. The van der Waals surface area contributed by atoms with Gasteiger partial charge in [0.25, 0.3) is 5.56 Å². The van der Waals surface area contributed by atoms with E-state index >= 15 is 0 Å². The summed E-state index contributed by atoms with van der Waals surface area (Å²) in [5.74, 6) is -0.283. The molecule has 2 aromatic heterocycles. The van der Waals surface area contributed by atoms with Crippen molar-refractivity contribution in [2.45, 2.75) is 34.6 Å². The van der Waals surface area contributed by atoms with Crippen LogP contribution >= 0.6 is 0 Å². The van der Waals surface area contributed by atoms with Crippen LogP contribution in [-0.2, 0) is 7.05 Å². The Balaban J connectivity index is 2.37. The maximum Gasteiger partial charge on any atom is 0.277 e. The highest BCUT2D eigenvalue weighted by molar-refractivity contribution is 6.16. The van der Waals surface area contributed by atoms with Gasteiger partial charge in [-0.2, -0.15) is 0 Å². The summed E-state index contributed by atoms with van der Waals surface area (Å²) < 4.78 is 1.33. The van der Waals surface area contributed by atoms with E-state index in [1.54, 1.807) is 20.0 Å². The first-order valence-electron chi connectivity index (χ1n) is 7.91. The molecular weight excluding hydrogens is 302 g/mol. The Hall–Kier alpha value is -2.69. The Morgan fingerprint density at radius 3 is 2.33 bits per heavy atom. The van der Waals surface area contributed by atoms with E-state index in [0.717, 1.165) is 27.8 Å². The standard InChI is InChI=1S/C19H21N3O2/c1-9-7-8-14(17-15(9)11(3)10(2)12(4)20-17)18(23)16-13(5)21-22(6)19(16)24/h7-8,21H,1-6H3. The first kappa shape index (κ1) is 16.2. The molecule has 5 nitrogen and oxygen atoms in total. The maximum atomic E-state index is 13.1. The monoisotopic (exact) mass is 323 g/mol. The highest BCUT2D eigenvalue weighted by Crippen LogP contribution is 2.28. The smallest absolute Gasteiger partial charge is 0.277 e. The average molecular weight is 323 g/mol. The molecule has 1 N–H and O–H groups in total. The topological polar surface area (TPSA) is 67.8 Å². The third-order valence-corrected chi connectivity index (χ3v) is 4.85. The van der Waals surface area contributed by atoms with Crippen LogP contribution in [-0.4, -0.2) is 20.5 Å². The summed E-state index contributed by atoms with van der Waals surface area (Å²) in [5, 5.41) is 3.88. The number of hydrogen-bond donors (Lipinski definition) is 1. The van der Waals surface area contributed by atoms with Crippen LogP contribution in [0.2, 0.25) is 0 Å².